The van der Waals surface area contributed by atoms with Gasteiger partial charge in [0.15, 0.2) is 11.8 Å². The topological polar surface area (TPSA) is 103 Å². The molecular weight excluding hydrogens is 134 g/mol. The van der Waals surface area contributed by atoms with Gasteiger partial charge < -0.3 is 16.0 Å². The van der Waals surface area contributed by atoms with Crippen molar-refractivity contribution in [3.8, 4) is 0 Å². The maximum Gasteiger partial charge on any atom is 0.350 e. The second kappa shape index (κ2) is 2.34. The molecule has 0 aliphatic heterocycles. The van der Waals surface area contributed by atoms with Crippen molar-refractivity contribution < 1.29 is 4.52 Å². The molecule has 6 heteroatoms. The lowest BCUT2D eigenvalue weighted by Gasteiger charge is -1.82. The van der Waals surface area contributed by atoms with Crippen molar-refractivity contribution in [2.24, 2.45) is 16.5 Å². The Labute approximate surface area is 56.9 Å². The number of nitrogens with zero attached hydrogens (tertiary/aromatic N) is 3. The first-order valence-corrected chi connectivity index (χ1v) is 2.58. The zero-order valence-corrected chi connectivity index (χ0v) is 5.40. The van der Waals surface area contributed by atoms with Gasteiger partial charge in [-0.05, 0) is 6.92 Å². The van der Waals surface area contributed by atoms with Gasteiger partial charge in [0.25, 0.3) is 0 Å². The summed E-state index contributed by atoms with van der Waals surface area (Å²) >= 11 is 0. The molecule has 0 bridgehead atoms. The molecule has 1 aromatic heterocycles. The molecule has 0 amide bonds. The van der Waals surface area contributed by atoms with Gasteiger partial charge in [0, 0.05) is 0 Å². The fourth-order valence-corrected chi connectivity index (χ4v) is 0.442. The summed E-state index contributed by atoms with van der Waals surface area (Å²) in [5.41, 5.74) is 10.1. The number of rotatable bonds is 1. The van der Waals surface area contributed by atoms with Gasteiger partial charge >= 0.3 is 6.01 Å². The normalized spacial score (nSPS) is 9.30. The molecule has 0 aromatic carbocycles. The van der Waals surface area contributed by atoms with E-state index >= 15 is 0 Å². The first kappa shape index (κ1) is 6.53. The summed E-state index contributed by atoms with van der Waals surface area (Å²) in [5.74, 6) is 0.406. The molecule has 54 valence electrons. The Kier molecular flexibility index (Phi) is 1.53. The summed E-state index contributed by atoms with van der Waals surface area (Å²) in [7, 11) is 0. The number of aromatic nitrogens is 2. The molecule has 10 heavy (non-hydrogen) atoms. The maximum atomic E-state index is 5.03. The number of hydrogen-bond acceptors (Lipinski definition) is 4. The average molecular weight is 141 g/mol. The number of aliphatic imine (C=N–C) groups is 1. The molecule has 0 saturated heterocycles. The summed E-state index contributed by atoms with van der Waals surface area (Å²) in [6.07, 6.45) is 0. The van der Waals surface area contributed by atoms with Gasteiger partial charge in [0.2, 0.25) is 0 Å². The van der Waals surface area contributed by atoms with E-state index in [1.807, 2.05) is 0 Å². The Morgan fingerprint density at radius 3 is 2.70 bits per heavy atom. The SMILES string of the molecule is Cc1noc(N=C(N)N)n1. The Bertz CT molecular complexity index is 248. The predicted molar refractivity (Wildman–Crippen MR) is 34.5 cm³/mol. The van der Waals surface area contributed by atoms with E-state index in [0.717, 1.165) is 0 Å². The van der Waals surface area contributed by atoms with E-state index in [1.54, 1.807) is 6.92 Å². The number of aryl methyl sites for hydroxylation is 1. The highest BCUT2D eigenvalue weighted by Gasteiger charge is 1.97. The van der Waals surface area contributed by atoms with Gasteiger partial charge in [-0.2, -0.15) is 9.98 Å². The molecule has 0 fully saturated rings. The molecule has 1 aromatic rings. The van der Waals surface area contributed by atoms with Crippen molar-refractivity contribution in [1.82, 2.24) is 10.1 Å². The molecule has 0 radical (unpaired) electrons. The van der Waals surface area contributed by atoms with Crippen molar-refractivity contribution >= 4 is 12.0 Å². The van der Waals surface area contributed by atoms with E-state index in [9.17, 15) is 0 Å². The molecule has 0 saturated carbocycles. The highest BCUT2D eigenvalue weighted by atomic mass is 16.5. The average Bonchev–Trinajstić information content (AvgIpc) is 2.13. The van der Waals surface area contributed by atoms with E-state index in [-0.39, 0.29) is 12.0 Å². The van der Waals surface area contributed by atoms with E-state index in [1.165, 1.54) is 0 Å². The first-order valence-electron chi connectivity index (χ1n) is 2.58. The Morgan fingerprint density at radius 2 is 2.30 bits per heavy atom. The van der Waals surface area contributed by atoms with Crippen LogP contribution >= 0.6 is 0 Å². The minimum absolute atomic E-state index is 0.0810. The van der Waals surface area contributed by atoms with Gasteiger partial charge in [0.1, 0.15) is 0 Å². The molecule has 0 unspecified atom stereocenters. The molecule has 0 aliphatic carbocycles. The molecule has 0 spiro atoms. The lowest BCUT2D eigenvalue weighted by Crippen LogP contribution is -2.21. The quantitative estimate of drug-likeness (QED) is 0.397. The molecule has 1 rings (SSSR count). The third kappa shape index (κ3) is 1.44. The van der Waals surface area contributed by atoms with Crippen LogP contribution in [0.1, 0.15) is 5.82 Å². The highest BCUT2D eigenvalue weighted by molar-refractivity contribution is 5.77. The van der Waals surface area contributed by atoms with Crippen molar-refractivity contribution in [2.75, 3.05) is 0 Å². The minimum Gasteiger partial charge on any atom is -0.370 e. The van der Waals surface area contributed by atoms with Crippen LogP contribution in [0.15, 0.2) is 9.52 Å². The van der Waals surface area contributed by atoms with Gasteiger partial charge in [-0.3, -0.25) is 0 Å². The molecule has 1 heterocycles. The lowest BCUT2D eigenvalue weighted by molar-refractivity contribution is 0.423. The fraction of sp³-hybridized carbons (Fsp3) is 0.250. The third-order valence-corrected chi connectivity index (χ3v) is 0.742. The van der Waals surface area contributed by atoms with Gasteiger partial charge in [-0.15, -0.1) is 0 Å². The highest BCUT2D eigenvalue weighted by Crippen LogP contribution is 2.04. The Balaban J connectivity index is 2.86. The van der Waals surface area contributed by atoms with E-state index < -0.39 is 0 Å². The Hall–Kier alpha value is -1.59. The number of guanidine groups is 1. The number of nitrogens with two attached hydrogens (primary N) is 2. The summed E-state index contributed by atoms with van der Waals surface area (Å²) < 4.78 is 4.57. The standard InChI is InChI=1S/C4H7N5O/c1-2-7-4(10-9-2)8-3(5)6/h1H3,(H4,5,6,7,8,9). The molecule has 6 nitrogen and oxygen atoms in total. The molecular formula is C4H7N5O. The summed E-state index contributed by atoms with van der Waals surface area (Å²) in [6.45, 7) is 1.68. The van der Waals surface area contributed by atoms with Crippen LogP contribution in [0.25, 0.3) is 0 Å². The van der Waals surface area contributed by atoms with Gasteiger partial charge in [0.05, 0.1) is 0 Å². The van der Waals surface area contributed by atoms with Crippen LogP contribution in [0.4, 0.5) is 6.01 Å². The Morgan fingerprint density at radius 1 is 1.60 bits per heavy atom. The van der Waals surface area contributed by atoms with Crippen molar-refractivity contribution in [3.05, 3.63) is 5.82 Å². The first-order chi connectivity index (χ1) is 4.68. The predicted octanol–water partition coefficient (Wildman–Crippen LogP) is -0.717. The van der Waals surface area contributed by atoms with E-state index in [2.05, 4.69) is 19.7 Å². The monoisotopic (exact) mass is 141 g/mol. The summed E-state index contributed by atoms with van der Waals surface area (Å²) in [6, 6.07) is 0.0810. The zero-order chi connectivity index (χ0) is 7.56. The molecule has 0 atom stereocenters. The van der Waals surface area contributed by atoms with Gasteiger partial charge in [-0.25, -0.2) is 0 Å². The fourth-order valence-electron chi connectivity index (χ4n) is 0.442. The minimum atomic E-state index is -0.0938. The van der Waals surface area contributed by atoms with Crippen LogP contribution in [0.5, 0.6) is 0 Å². The summed E-state index contributed by atoms with van der Waals surface area (Å²) in [4.78, 5) is 7.24. The van der Waals surface area contributed by atoms with E-state index in [0.29, 0.717) is 5.82 Å². The maximum absolute atomic E-state index is 5.03. The van der Waals surface area contributed by atoms with E-state index in [4.69, 9.17) is 11.5 Å². The summed E-state index contributed by atoms with van der Waals surface area (Å²) in [5, 5.41) is 3.47. The van der Waals surface area contributed by atoms with Crippen LogP contribution in [-0.4, -0.2) is 16.1 Å². The van der Waals surface area contributed by atoms with Crippen LogP contribution < -0.4 is 11.5 Å². The van der Waals surface area contributed by atoms with Crippen molar-refractivity contribution in [1.29, 1.82) is 0 Å². The smallest absolute Gasteiger partial charge is 0.350 e. The van der Waals surface area contributed by atoms with Crippen LogP contribution in [0.2, 0.25) is 0 Å². The van der Waals surface area contributed by atoms with Crippen LogP contribution in [0, 0.1) is 6.92 Å². The number of hydrogen-bond donors (Lipinski definition) is 2. The molecule has 4 N–H and O–H groups in total. The largest absolute Gasteiger partial charge is 0.370 e. The van der Waals surface area contributed by atoms with Gasteiger partial charge in [-0.1, -0.05) is 5.16 Å². The molecule has 0 aliphatic rings. The third-order valence-electron chi connectivity index (χ3n) is 0.742. The van der Waals surface area contributed by atoms with Crippen LogP contribution in [0.3, 0.4) is 0 Å². The second-order valence-electron chi connectivity index (χ2n) is 1.66. The van der Waals surface area contributed by atoms with Crippen molar-refractivity contribution in [2.45, 2.75) is 6.92 Å². The second-order valence-corrected chi connectivity index (χ2v) is 1.66. The lowest BCUT2D eigenvalue weighted by atomic mass is 10.7. The van der Waals surface area contributed by atoms with Crippen molar-refractivity contribution in [3.63, 3.8) is 0 Å². The van der Waals surface area contributed by atoms with Crippen LogP contribution in [-0.2, 0) is 0 Å². The zero-order valence-electron chi connectivity index (χ0n) is 5.40.